The van der Waals surface area contributed by atoms with E-state index in [-0.39, 0.29) is 18.4 Å². The van der Waals surface area contributed by atoms with Gasteiger partial charge in [-0.1, -0.05) is 17.3 Å². The highest BCUT2D eigenvalue weighted by molar-refractivity contribution is 5.73. The molecule has 2 rings (SSSR count). The van der Waals surface area contributed by atoms with Crippen molar-refractivity contribution in [3.8, 4) is 0 Å². The normalized spacial score (nSPS) is 10.3. The number of amides is 2. The maximum atomic E-state index is 12.8. The van der Waals surface area contributed by atoms with E-state index in [2.05, 4.69) is 10.5 Å². The van der Waals surface area contributed by atoms with Crippen LogP contribution in [0.1, 0.15) is 17.0 Å². The van der Waals surface area contributed by atoms with E-state index in [4.69, 9.17) is 4.52 Å². The number of hydrogen-bond acceptors (Lipinski definition) is 3. The van der Waals surface area contributed by atoms with Crippen molar-refractivity contribution in [1.29, 1.82) is 0 Å². The third-order valence-electron chi connectivity index (χ3n) is 2.77. The van der Waals surface area contributed by atoms with Gasteiger partial charge in [0.05, 0.1) is 12.2 Å². The molecule has 2 aromatic rings. The van der Waals surface area contributed by atoms with E-state index in [0.717, 1.165) is 11.3 Å². The van der Waals surface area contributed by atoms with Gasteiger partial charge in [0.2, 0.25) is 0 Å². The third kappa shape index (κ3) is 3.81. The van der Waals surface area contributed by atoms with E-state index in [9.17, 15) is 9.18 Å². The summed E-state index contributed by atoms with van der Waals surface area (Å²) < 4.78 is 17.8. The van der Waals surface area contributed by atoms with Gasteiger partial charge in [-0.15, -0.1) is 0 Å². The lowest BCUT2D eigenvalue weighted by Gasteiger charge is -2.17. The van der Waals surface area contributed by atoms with Gasteiger partial charge in [-0.25, -0.2) is 9.18 Å². The first-order valence-electron chi connectivity index (χ1n) is 6.20. The fourth-order valence-electron chi connectivity index (χ4n) is 1.73. The van der Waals surface area contributed by atoms with Crippen molar-refractivity contribution in [2.24, 2.45) is 0 Å². The average molecular weight is 277 g/mol. The number of hydrogen-bond donors (Lipinski definition) is 1. The predicted molar refractivity (Wildman–Crippen MR) is 71.3 cm³/mol. The molecule has 0 unspecified atom stereocenters. The van der Waals surface area contributed by atoms with Crippen LogP contribution in [-0.4, -0.2) is 23.1 Å². The van der Waals surface area contributed by atoms with Crippen molar-refractivity contribution in [3.05, 3.63) is 53.2 Å². The van der Waals surface area contributed by atoms with Crippen LogP contribution >= 0.6 is 0 Å². The molecule has 0 fully saturated rings. The predicted octanol–water partition coefficient (Wildman–Crippen LogP) is 2.46. The summed E-state index contributed by atoms with van der Waals surface area (Å²) in [5.41, 5.74) is 1.63. The second-order valence-electron chi connectivity index (χ2n) is 4.58. The van der Waals surface area contributed by atoms with Gasteiger partial charge in [0.15, 0.2) is 5.76 Å². The molecule has 1 N–H and O–H groups in total. The van der Waals surface area contributed by atoms with E-state index in [0.29, 0.717) is 12.3 Å². The zero-order chi connectivity index (χ0) is 14.5. The monoisotopic (exact) mass is 277 g/mol. The molecule has 1 heterocycles. The fraction of sp³-hybridized carbons (Fsp3) is 0.286. The molecule has 5 nitrogen and oxygen atoms in total. The van der Waals surface area contributed by atoms with E-state index in [1.54, 1.807) is 25.2 Å². The maximum Gasteiger partial charge on any atom is 0.317 e. The quantitative estimate of drug-likeness (QED) is 0.934. The molecular weight excluding hydrogens is 261 g/mol. The molecule has 0 spiro atoms. The lowest BCUT2D eigenvalue weighted by atomic mass is 10.2. The number of aromatic nitrogens is 1. The van der Waals surface area contributed by atoms with Crippen molar-refractivity contribution in [3.63, 3.8) is 0 Å². The number of benzene rings is 1. The SMILES string of the molecule is Cc1cc(CNC(=O)N(C)Cc2ccc(F)cc2)on1. The highest BCUT2D eigenvalue weighted by Gasteiger charge is 2.10. The van der Waals surface area contributed by atoms with Crippen LogP contribution in [0.15, 0.2) is 34.9 Å². The number of urea groups is 1. The third-order valence-corrected chi connectivity index (χ3v) is 2.77. The number of rotatable bonds is 4. The minimum atomic E-state index is -0.290. The Labute approximate surface area is 116 Å². The summed E-state index contributed by atoms with van der Waals surface area (Å²) in [6.07, 6.45) is 0. The molecule has 0 aliphatic rings. The molecular formula is C14H16FN3O2. The van der Waals surface area contributed by atoms with Gasteiger partial charge < -0.3 is 14.7 Å². The van der Waals surface area contributed by atoms with Gasteiger partial charge >= 0.3 is 6.03 Å². The summed E-state index contributed by atoms with van der Waals surface area (Å²) in [4.78, 5) is 13.4. The largest absolute Gasteiger partial charge is 0.359 e. The van der Waals surface area contributed by atoms with E-state index >= 15 is 0 Å². The zero-order valence-corrected chi connectivity index (χ0v) is 11.4. The van der Waals surface area contributed by atoms with Crippen LogP contribution in [0.5, 0.6) is 0 Å². The summed E-state index contributed by atoms with van der Waals surface area (Å²) >= 11 is 0. The van der Waals surface area contributed by atoms with Crippen molar-refractivity contribution < 1.29 is 13.7 Å². The highest BCUT2D eigenvalue weighted by atomic mass is 19.1. The zero-order valence-electron chi connectivity index (χ0n) is 11.4. The highest BCUT2D eigenvalue weighted by Crippen LogP contribution is 2.06. The van der Waals surface area contributed by atoms with Crippen molar-refractivity contribution >= 4 is 6.03 Å². The Morgan fingerprint density at radius 1 is 1.40 bits per heavy atom. The first kappa shape index (κ1) is 14.0. The van der Waals surface area contributed by atoms with Crippen LogP contribution in [0, 0.1) is 12.7 Å². The van der Waals surface area contributed by atoms with E-state index < -0.39 is 0 Å². The second-order valence-corrected chi connectivity index (χ2v) is 4.58. The summed E-state index contributed by atoms with van der Waals surface area (Å²) in [7, 11) is 1.67. The molecule has 0 aliphatic carbocycles. The van der Waals surface area contributed by atoms with Crippen LogP contribution in [-0.2, 0) is 13.1 Å². The molecule has 1 aromatic heterocycles. The maximum absolute atomic E-state index is 12.8. The fourth-order valence-corrected chi connectivity index (χ4v) is 1.73. The Bertz CT molecular complexity index is 580. The summed E-state index contributed by atoms with van der Waals surface area (Å²) in [5, 5.41) is 6.46. The molecule has 106 valence electrons. The lowest BCUT2D eigenvalue weighted by Crippen LogP contribution is -2.36. The first-order chi connectivity index (χ1) is 9.54. The van der Waals surface area contributed by atoms with E-state index in [1.807, 2.05) is 6.92 Å². The minimum absolute atomic E-state index is 0.233. The second kappa shape index (κ2) is 6.18. The van der Waals surface area contributed by atoms with Crippen LogP contribution in [0.3, 0.4) is 0 Å². The molecule has 0 saturated heterocycles. The molecule has 20 heavy (non-hydrogen) atoms. The molecule has 0 atom stereocenters. The van der Waals surface area contributed by atoms with Crippen LogP contribution in [0.25, 0.3) is 0 Å². The van der Waals surface area contributed by atoms with Gasteiger partial charge in [0.25, 0.3) is 0 Å². The minimum Gasteiger partial charge on any atom is -0.359 e. The van der Waals surface area contributed by atoms with Gasteiger partial charge in [0, 0.05) is 19.7 Å². The number of carbonyl (C=O) groups is 1. The molecule has 1 aromatic carbocycles. The average Bonchev–Trinajstić information content (AvgIpc) is 2.84. The van der Waals surface area contributed by atoms with Gasteiger partial charge in [-0.05, 0) is 24.6 Å². The molecule has 2 amide bonds. The Morgan fingerprint density at radius 3 is 2.70 bits per heavy atom. The Morgan fingerprint density at radius 2 is 2.10 bits per heavy atom. The van der Waals surface area contributed by atoms with Crippen LogP contribution in [0.2, 0.25) is 0 Å². The number of nitrogens with one attached hydrogen (secondary N) is 1. The topological polar surface area (TPSA) is 58.4 Å². The van der Waals surface area contributed by atoms with Crippen molar-refractivity contribution in [2.45, 2.75) is 20.0 Å². The molecule has 0 aliphatic heterocycles. The smallest absolute Gasteiger partial charge is 0.317 e. The number of nitrogens with zero attached hydrogens (tertiary/aromatic N) is 2. The summed E-state index contributed by atoms with van der Waals surface area (Å²) in [5.74, 6) is 0.313. The Hall–Kier alpha value is -2.37. The Balaban J connectivity index is 1.84. The van der Waals surface area contributed by atoms with Gasteiger partial charge in [0.1, 0.15) is 5.82 Å². The van der Waals surface area contributed by atoms with Gasteiger partial charge in [-0.3, -0.25) is 0 Å². The lowest BCUT2D eigenvalue weighted by molar-refractivity contribution is 0.205. The van der Waals surface area contributed by atoms with Crippen LogP contribution < -0.4 is 5.32 Å². The van der Waals surface area contributed by atoms with Gasteiger partial charge in [-0.2, -0.15) is 0 Å². The Kier molecular flexibility index (Phi) is 4.34. The molecule has 0 bridgehead atoms. The molecule has 0 saturated carbocycles. The first-order valence-corrected chi connectivity index (χ1v) is 6.20. The standard InChI is InChI=1S/C14H16FN3O2/c1-10-7-13(20-17-10)8-16-14(19)18(2)9-11-3-5-12(15)6-4-11/h3-7H,8-9H2,1-2H3,(H,16,19). The number of halogens is 1. The molecule has 0 radical (unpaired) electrons. The molecule has 6 heteroatoms. The summed E-state index contributed by atoms with van der Waals surface area (Å²) in [6.45, 7) is 2.50. The van der Waals surface area contributed by atoms with Crippen molar-refractivity contribution in [1.82, 2.24) is 15.4 Å². The van der Waals surface area contributed by atoms with E-state index in [1.165, 1.54) is 17.0 Å². The van der Waals surface area contributed by atoms with Crippen LogP contribution in [0.4, 0.5) is 9.18 Å². The number of carbonyl (C=O) groups excluding carboxylic acids is 1. The summed E-state index contributed by atoms with van der Waals surface area (Å²) in [6, 6.07) is 7.58. The number of aryl methyl sites for hydroxylation is 1. The van der Waals surface area contributed by atoms with Crippen molar-refractivity contribution in [2.75, 3.05) is 7.05 Å².